The Hall–Kier alpha value is -1.55. The van der Waals surface area contributed by atoms with Crippen LogP contribution in [0.3, 0.4) is 0 Å². The highest BCUT2D eigenvalue weighted by molar-refractivity contribution is 5.81. The number of benzene rings is 1. The van der Waals surface area contributed by atoms with Gasteiger partial charge in [0.25, 0.3) is 0 Å². The molecule has 1 saturated carbocycles. The molecule has 124 valence electrons. The van der Waals surface area contributed by atoms with Crippen molar-refractivity contribution in [3.05, 3.63) is 35.9 Å². The average molecular weight is 313 g/mol. The largest absolute Gasteiger partial charge is 0.381 e. The van der Waals surface area contributed by atoms with E-state index in [1.54, 1.807) is 0 Å². The molecule has 2 saturated heterocycles. The van der Waals surface area contributed by atoms with E-state index in [0.29, 0.717) is 17.4 Å². The second-order valence-corrected chi connectivity index (χ2v) is 7.28. The molecule has 0 amide bonds. The van der Waals surface area contributed by atoms with Gasteiger partial charge in [0.1, 0.15) is 0 Å². The summed E-state index contributed by atoms with van der Waals surface area (Å²) >= 11 is 0. The molecule has 0 bridgehead atoms. The van der Waals surface area contributed by atoms with Crippen molar-refractivity contribution >= 4 is 5.96 Å². The second kappa shape index (κ2) is 6.16. The maximum atomic E-state index is 5.65. The summed E-state index contributed by atoms with van der Waals surface area (Å²) in [6.45, 7) is 7.03. The Morgan fingerprint density at radius 1 is 1.35 bits per heavy atom. The Morgan fingerprint density at radius 2 is 2.22 bits per heavy atom. The highest BCUT2D eigenvalue weighted by Gasteiger charge is 2.44. The maximum Gasteiger partial charge on any atom is 0.194 e. The Bertz CT molecular complexity index is 565. The summed E-state index contributed by atoms with van der Waals surface area (Å²) < 4.78 is 5.65. The van der Waals surface area contributed by atoms with Crippen LogP contribution in [0.5, 0.6) is 0 Å². The first kappa shape index (κ1) is 15.0. The molecule has 4 rings (SSSR count). The summed E-state index contributed by atoms with van der Waals surface area (Å²) in [4.78, 5) is 7.22. The Morgan fingerprint density at radius 3 is 2.96 bits per heavy atom. The normalized spacial score (nSPS) is 33.4. The SMILES string of the molecule is CCN=C(NC1CC1c1ccccc1)N1CCC2(CCOC2)C1. The van der Waals surface area contributed by atoms with Gasteiger partial charge >= 0.3 is 0 Å². The third-order valence-electron chi connectivity index (χ3n) is 5.56. The average Bonchev–Trinajstić information content (AvgIpc) is 3.01. The molecule has 3 unspecified atom stereocenters. The molecule has 1 aromatic carbocycles. The lowest BCUT2D eigenvalue weighted by atomic mass is 9.87. The molecule has 3 fully saturated rings. The summed E-state index contributed by atoms with van der Waals surface area (Å²) in [5.74, 6) is 1.75. The van der Waals surface area contributed by atoms with E-state index in [0.717, 1.165) is 38.8 Å². The highest BCUT2D eigenvalue weighted by Crippen LogP contribution is 2.42. The van der Waals surface area contributed by atoms with E-state index in [2.05, 4.69) is 47.5 Å². The molecular formula is C19H27N3O. The van der Waals surface area contributed by atoms with Gasteiger partial charge in [-0.3, -0.25) is 4.99 Å². The van der Waals surface area contributed by atoms with E-state index in [1.807, 2.05) is 0 Å². The highest BCUT2D eigenvalue weighted by atomic mass is 16.5. The Kier molecular flexibility index (Phi) is 4.02. The standard InChI is InChI=1S/C19H27N3O/c1-2-20-18(22-10-8-19(13-22)9-11-23-14-19)21-17-12-16(17)15-6-4-3-5-7-15/h3-7,16-17H,2,8-14H2,1H3,(H,20,21). The minimum atomic E-state index is 0.387. The monoisotopic (exact) mass is 313 g/mol. The lowest BCUT2D eigenvalue weighted by Crippen LogP contribution is -2.43. The van der Waals surface area contributed by atoms with Gasteiger partial charge in [-0.25, -0.2) is 0 Å². The van der Waals surface area contributed by atoms with E-state index in [-0.39, 0.29) is 0 Å². The molecule has 23 heavy (non-hydrogen) atoms. The topological polar surface area (TPSA) is 36.9 Å². The first-order valence-corrected chi connectivity index (χ1v) is 8.98. The van der Waals surface area contributed by atoms with Gasteiger partial charge < -0.3 is 15.0 Å². The Balaban J connectivity index is 1.39. The minimum Gasteiger partial charge on any atom is -0.381 e. The number of hydrogen-bond acceptors (Lipinski definition) is 2. The number of likely N-dealkylation sites (tertiary alicyclic amines) is 1. The maximum absolute atomic E-state index is 5.65. The molecule has 2 heterocycles. The van der Waals surface area contributed by atoms with Crippen molar-refractivity contribution in [1.82, 2.24) is 10.2 Å². The molecule has 1 N–H and O–H groups in total. The third kappa shape index (κ3) is 3.09. The van der Waals surface area contributed by atoms with Gasteiger partial charge in [0.2, 0.25) is 0 Å². The number of guanidine groups is 1. The molecular weight excluding hydrogens is 286 g/mol. The van der Waals surface area contributed by atoms with Crippen LogP contribution in [0.15, 0.2) is 35.3 Å². The van der Waals surface area contributed by atoms with Crippen molar-refractivity contribution < 1.29 is 4.74 Å². The van der Waals surface area contributed by atoms with Crippen LogP contribution in [0, 0.1) is 5.41 Å². The van der Waals surface area contributed by atoms with Crippen molar-refractivity contribution in [3.63, 3.8) is 0 Å². The van der Waals surface area contributed by atoms with Gasteiger partial charge in [-0.1, -0.05) is 30.3 Å². The second-order valence-electron chi connectivity index (χ2n) is 7.28. The van der Waals surface area contributed by atoms with E-state index in [4.69, 9.17) is 9.73 Å². The van der Waals surface area contributed by atoms with Crippen LogP contribution in [0.1, 0.15) is 37.7 Å². The van der Waals surface area contributed by atoms with Gasteiger partial charge in [-0.15, -0.1) is 0 Å². The predicted octanol–water partition coefficient (Wildman–Crippen LogP) is 2.62. The number of nitrogens with one attached hydrogen (secondary N) is 1. The molecule has 4 heteroatoms. The van der Waals surface area contributed by atoms with Crippen LogP contribution in [0.2, 0.25) is 0 Å². The van der Waals surface area contributed by atoms with E-state index < -0.39 is 0 Å². The zero-order valence-corrected chi connectivity index (χ0v) is 14.0. The van der Waals surface area contributed by atoms with Gasteiger partial charge in [0.15, 0.2) is 5.96 Å². The molecule has 3 atom stereocenters. The van der Waals surface area contributed by atoms with E-state index in [1.165, 1.54) is 24.8 Å². The number of ether oxygens (including phenoxy) is 1. The molecule has 1 aromatic rings. The third-order valence-corrected chi connectivity index (χ3v) is 5.56. The summed E-state index contributed by atoms with van der Waals surface area (Å²) in [7, 11) is 0. The van der Waals surface area contributed by atoms with E-state index in [9.17, 15) is 0 Å². The van der Waals surface area contributed by atoms with Crippen molar-refractivity contribution in [2.75, 3.05) is 32.8 Å². The van der Waals surface area contributed by atoms with Crippen LogP contribution < -0.4 is 5.32 Å². The fourth-order valence-electron chi connectivity index (χ4n) is 4.06. The summed E-state index contributed by atoms with van der Waals surface area (Å²) in [5.41, 5.74) is 1.83. The molecule has 4 nitrogen and oxygen atoms in total. The van der Waals surface area contributed by atoms with Crippen LogP contribution in [0.25, 0.3) is 0 Å². The minimum absolute atomic E-state index is 0.387. The molecule has 0 radical (unpaired) electrons. The summed E-state index contributed by atoms with van der Waals surface area (Å²) in [6.07, 6.45) is 3.66. The summed E-state index contributed by atoms with van der Waals surface area (Å²) in [5, 5.41) is 3.72. The molecule has 2 aliphatic heterocycles. The van der Waals surface area contributed by atoms with Crippen molar-refractivity contribution in [1.29, 1.82) is 0 Å². The molecule has 1 spiro atoms. The molecule has 1 aliphatic carbocycles. The number of hydrogen-bond donors (Lipinski definition) is 1. The summed E-state index contributed by atoms with van der Waals surface area (Å²) in [6, 6.07) is 11.4. The van der Waals surface area contributed by atoms with Crippen LogP contribution in [-0.2, 0) is 4.74 Å². The van der Waals surface area contributed by atoms with Gasteiger partial charge in [-0.2, -0.15) is 0 Å². The lowest BCUT2D eigenvalue weighted by molar-refractivity contribution is 0.156. The predicted molar refractivity (Wildman–Crippen MR) is 92.8 cm³/mol. The van der Waals surface area contributed by atoms with Gasteiger partial charge in [0, 0.05) is 43.6 Å². The van der Waals surface area contributed by atoms with Crippen molar-refractivity contribution in [3.8, 4) is 0 Å². The lowest BCUT2D eigenvalue weighted by Gasteiger charge is -2.25. The zero-order valence-electron chi connectivity index (χ0n) is 14.0. The van der Waals surface area contributed by atoms with E-state index >= 15 is 0 Å². The van der Waals surface area contributed by atoms with Crippen LogP contribution >= 0.6 is 0 Å². The number of nitrogens with zero attached hydrogens (tertiary/aromatic N) is 2. The Labute approximate surface area is 138 Å². The number of rotatable bonds is 3. The van der Waals surface area contributed by atoms with Gasteiger partial charge in [0.05, 0.1) is 6.61 Å². The van der Waals surface area contributed by atoms with Crippen molar-refractivity contribution in [2.45, 2.75) is 38.1 Å². The first-order chi connectivity index (χ1) is 11.3. The molecule has 0 aromatic heterocycles. The molecule has 3 aliphatic rings. The van der Waals surface area contributed by atoms with Crippen LogP contribution in [0.4, 0.5) is 0 Å². The first-order valence-electron chi connectivity index (χ1n) is 8.98. The fourth-order valence-corrected chi connectivity index (χ4v) is 4.06. The van der Waals surface area contributed by atoms with Crippen LogP contribution in [-0.4, -0.2) is 49.7 Å². The fraction of sp³-hybridized carbons (Fsp3) is 0.632. The smallest absolute Gasteiger partial charge is 0.194 e. The quantitative estimate of drug-likeness (QED) is 0.688. The van der Waals surface area contributed by atoms with Crippen molar-refractivity contribution in [2.24, 2.45) is 10.4 Å². The number of aliphatic imine (C=N–C) groups is 1. The van der Waals surface area contributed by atoms with Gasteiger partial charge in [-0.05, 0) is 31.7 Å². The zero-order chi connectivity index (χ0) is 15.7.